The summed E-state index contributed by atoms with van der Waals surface area (Å²) >= 11 is 0. The van der Waals surface area contributed by atoms with E-state index in [4.69, 9.17) is 9.47 Å². The fourth-order valence-corrected chi connectivity index (χ4v) is 5.58. The highest BCUT2D eigenvalue weighted by atomic mass is 16.7. The molecule has 0 saturated carbocycles. The molecular formula is C35H60N2O8. The van der Waals surface area contributed by atoms with Crippen molar-refractivity contribution in [2.75, 3.05) is 19.8 Å². The first-order valence-electron chi connectivity index (χ1n) is 17.4. The molecule has 0 aromatic heterocycles. The second-order valence-electron chi connectivity index (χ2n) is 12.4. The molecule has 6 atom stereocenters. The van der Waals surface area contributed by atoms with E-state index in [1.807, 2.05) is 6.07 Å². The zero-order chi connectivity index (χ0) is 32.7. The van der Waals surface area contributed by atoms with E-state index in [-0.39, 0.29) is 18.9 Å². The van der Waals surface area contributed by atoms with Gasteiger partial charge in [0.15, 0.2) is 6.29 Å². The van der Waals surface area contributed by atoms with Crippen molar-refractivity contribution in [1.29, 1.82) is 0 Å². The second-order valence-corrected chi connectivity index (χ2v) is 12.4. The quantitative estimate of drug-likeness (QED) is 0.0883. The van der Waals surface area contributed by atoms with Gasteiger partial charge in [0, 0.05) is 13.0 Å². The van der Waals surface area contributed by atoms with E-state index in [0.717, 1.165) is 51.4 Å². The fraction of sp³-hybridized carbons (Fsp3) is 0.771. The molecule has 0 radical (unpaired) electrons. The average molecular weight is 637 g/mol. The van der Waals surface area contributed by atoms with Crippen LogP contribution in [-0.4, -0.2) is 88.7 Å². The zero-order valence-corrected chi connectivity index (χ0v) is 27.4. The van der Waals surface area contributed by atoms with Gasteiger partial charge >= 0.3 is 0 Å². The summed E-state index contributed by atoms with van der Waals surface area (Å²) in [4.78, 5) is 25.8. The highest BCUT2D eigenvalue weighted by molar-refractivity contribution is 5.87. The van der Waals surface area contributed by atoms with Gasteiger partial charge in [-0.05, 0) is 31.2 Å². The van der Waals surface area contributed by atoms with Gasteiger partial charge in [-0.1, -0.05) is 114 Å². The Hall–Kier alpha value is -2.08. The van der Waals surface area contributed by atoms with Crippen LogP contribution < -0.4 is 10.6 Å². The molecule has 0 aliphatic carbocycles. The first-order valence-corrected chi connectivity index (χ1v) is 17.4. The minimum atomic E-state index is -1.59. The molecule has 6 N–H and O–H groups in total. The minimum Gasteiger partial charge on any atom is -0.394 e. The lowest BCUT2D eigenvalue weighted by molar-refractivity contribution is -0.301. The molecule has 0 bridgehead atoms. The summed E-state index contributed by atoms with van der Waals surface area (Å²) in [5.74, 6) is -0.666. The monoisotopic (exact) mass is 636 g/mol. The molecule has 2 amide bonds. The molecule has 1 aromatic carbocycles. The number of carbonyl (C=O) groups is 2. The van der Waals surface area contributed by atoms with Gasteiger partial charge in [0.05, 0.1) is 13.2 Å². The Morgan fingerprint density at radius 1 is 0.800 bits per heavy atom. The molecule has 45 heavy (non-hydrogen) atoms. The maximum Gasteiger partial charge on any atom is 0.244 e. The molecule has 1 aliphatic heterocycles. The molecule has 1 fully saturated rings. The smallest absolute Gasteiger partial charge is 0.244 e. The van der Waals surface area contributed by atoms with Gasteiger partial charge in [-0.15, -0.1) is 0 Å². The predicted molar refractivity (Wildman–Crippen MR) is 174 cm³/mol. The SMILES string of the molecule is CCCCCCCCCCCCNC(=O)[C@H](CO[C@H]1O[C@H](CO)[C@H](O)[C@H](O)[C@H]1O)NC(=O)CCCCCCCc1ccccc1. The van der Waals surface area contributed by atoms with Crippen molar-refractivity contribution in [2.24, 2.45) is 0 Å². The number of hydrogen-bond donors (Lipinski definition) is 6. The first-order chi connectivity index (χ1) is 21.9. The molecular weight excluding hydrogens is 576 g/mol. The summed E-state index contributed by atoms with van der Waals surface area (Å²) in [5.41, 5.74) is 1.33. The number of unbranched alkanes of at least 4 members (excludes halogenated alkanes) is 13. The topological polar surface area (TPSA) is 158 Å². The Morgan fingerprint density at radius 3 is 2.04 bits per heavy atom. The van der Waals surface area contributed by atoms with Crippen molar-refractivity contribution >= 4 is 11.8 Å². The normalized spacial score (nSPS) is 22.2. The highest BCUT2D eigenvalue weighted by Crippen LogP contribution is 2.22. The Labute approximate surface area is 270 Å². The van der Waals surface area contributed by atoms with Gasteiger partial charge < -0.3 is 40.5 Å². The second kappa shape index (κ2) is 24.1. The van der Waals surface area contributed by atoms with Crippen LogP contribution in [0.25, 0.3) is 0 Å². The summed E-state index contributed by atoms with van der Waals surface area (Å²) in [6.07, 6.45) is 10.8. The largest absolute Gasteiger partial charge is 0.394 e. The molecule has 10 nitrogen and oxygen atoms in total. The predicted octanol–water partition coefficient (Wildman–Crippen LogP) is 3.91. The minimum absolute atomic E-state index is 0.268. The van der Waals surface area contributed by atoms with Crippen molar-refractivity contribution in [2.45, 2.75) is 153 Å². The standard InChI is InChI=1S/C35H60N2O8/c1-2-3-4-5-6-7-8-9-13-19-24-36-34(43)28(26-44-35-33(42)32(41)31(40)29(25-38)45-35)37-30(39)23-18-12-10-11-15-20-27-21-16-14-17-22-27/h14,16-17,21-22,28-29,31-33,35,38,40-42H,2-13,15,18-20,23-26H2,1H3,(H,36,43)(H,37,39)/t28-,29+,31-,32-,33+,35-/m0/s1. The number of aliphatic hydroxyl groups is 4. The molecule has 1 heterocycles. The van der Waals surface area contributed by atoms with Gasteiger partial charge in [-0.2, -0.15) is 0 Å². The lowest BCUT2D eigenvalue weighted by atomic mass is 9.99. The lowest BCUT2D eigenvalue weighted by Gasteiger charge is -2.39. The number of hydrogen-bond acceptors (Lipinski definition) is 8. The van der Waals surface area contributed by atoms with E-state index in [9.17, 15) is 30.0 Å². The number of nitrogens with one attached hydrogen (secondary N) is 2. The Morgan fingerprint density at radius 2 is 1.40 bits per heavy atom. The van der Waals surface area contributed by atoms with E-state index >= 15 is 0 Å². The molecule has 10 heteroatoms. The number of ether oxygens (including phenoxy) is 2. The molecule has 0 spiro atoms. The van der Waals surface area contributed by atoms with Crippen LogP contribution in [0.15, 0.2) is 30.3 Å². The number of aliphatic hydroxyl groups excluding tert-OH is 4. The summed E-state index contributed by atoms with van der Waals surface area (Å²) in [6.45, 7) is 1.80. The van der Waals surface area contributed by atoms with Crippen molar-refractivity contribution in [3.05, 3.63) is 35.9 Å². The summed E-state index contributed by atoms with van der Waals surface area (Å²) < 4.78 is 11.0. The summed E-state index contributed by atoms with van der Waals surface area (Å²) in [6, 6.07) is 9.36. The van der Waals surface area contributed by atoms with Gasteiger partial charge in [0.1, 0.15) is 30.5 Å². The number of carbonyl (C=O) groups excluding carboxylic acids is 2. The van der Waals surface area contributed by atoms with Crippen LogP contribution >= 0.6 is 0 Å². The van der Waals surface area contributed by atoms with Crippen molar-refractivity contribution in [3.8, 4) is 0 Å². The first kappa shape index (κ1) is 39.1. The van der Waals surface area contributed by atoms with Gasteiger partial charge in [-0.3, -0.25) is 9.59 Å². The van der Waals surface area contributed by atoms with Gasteiger partial charge in [-0.25, -0.2) is 0 Å². The molecule has 1 aliphatic rings. The third-order valence-corrected chi connectivity index (χ3v) is 8.47. The molecule has 1 aromatic rings. The molecule has 1 saturated heterocycles. The van der Waals surface area contributed by atoms with E-state index in [1.54, 1.807) is 0 Å². The van der Waals surface area contributed by atoms with Crippen LogP contribution in [0, 0.1) is 0 Å². The molecule has 258 valence electrons. The zero-order valence-electron chi connectivity index (χ0n) is 27.4. The van der Waals surface area contributed by atoms with Crippen LogP contribution in [0.1, 0.15) is 115 Å². The highest BCUT2D eigenvalue weighted by Gasteiger charge is 2.44. The van der Waals surface area contributed by atoms with E-state index in [0.29, 0.717) is 13.0 Å². The number of aryl methyl sites for hydroxylation is 1. The average Bonchev–Trinajstić information content (AvgIpc) is 3.05. The van der Waals surface area contributed by atoms with E-state index < -0.39 is 49.3 Å². The van der Waals surface area contributed by atoms with Crippen LogP contribution in [0.2, 0.25) is 0 Å². The lowest BCUT2D eigenvalue weighted by Crippen LogP contribution is -2.60. The van der Waals surface area contributed by atoms with Crippen molar-refractivity contribution in [3.63, 3.8) is 0 Å². The van der Waals surface area contributed by atoms with Crippen LogP contribution in [0.5, 0.6) is 0 Å². The van der Waals surface area contributed by atoms with Gasteiger partial charge in [0.2, 0.25) is 11.8 Å². The number of benzene rings is 1. The number of rotatable bonds is 25. The third kappa shape index (κ3) is 16.4. The van der Waals surface area contributed by atoms with Crippen LogP contribution in [0.4, 0.5) is 0 Å². The summed E-state index contributed by atoms with van der Waals surface area (Å²) in [7, 11) is 0. The maximum atomic E-state index is 13.1. The Balaban J connectivity index is 1.74. The Kier molecular flexibility index (Phi) is 21.0. The fourth-order valence-electron chi connectivity index (χ4n) is 5.58. The third-order valence-electron chi connectivity index (χ3n) is 8.47. The van der Waals surface area contributed by atoms with Crippen LogP contribution in [-0.2, 0) is 25.5 Å². The van der Waals surface area contributed by atoms with Crippen molar-refractivity contribution < 1.29 is 39.5 Å². The summed E-state index contributed by atoms with van der Waals surface area (Å²) in [5, 5.41) is 45.5. The van der Waals surface area contributed by atoms with Crippen LogP contribution in [0.3, 0.4) is 0 Å². The van der Waals surface area contributed by atoms with E-state index in [2.05, 4.69) is 41.8 Å². The number of amides is 2. The maximum absolute atomic E-state index is 13.1. The van der Waals surface area contributed by atoms with Gasteiger partial charge in [0.25, 0.3) is 0 Å². The Bertz CT molecular complexity index is 903. The molecule has 0 unspecified atom stereocenters. The molecule has 2 rings (SSSR count). The van der Waals surface area contributed by atoms with E-state index in [1.165, 1.54) is 50.5 Å². The van der Waals surface area contributed by atoms with Crippen molar-refractivity contribution in [1.82, 2.24) is 10.6 Å².